The van der Waals surface area contributed by atoms with Crippen molar-refractivity contribution in [3.63, 3.8) is 0 Å². The second-order valence-electron chi connectivity index (χ2n) is 4.67. The first-order chi connectivity index (χ1) is 8.72. The first-order valence-corrected chi connectivity index (χ1v) is 5.54. The number of hydrogen-bond donors (Lipinski definition) is 3. The monoisotopic (exact) mass is 281 g/mol. The lowest BCUT2D eigenvalue weighted by molar-refractivity contribution is -0.137. The minimum atomic E-state index is -4.55. The fraction of sp³-hybridized carbons (Fsp3) is 0.500. The van der Waals surface area contributed by atoms with E-state index in [1.807, 2.05) is 0 Å². The molecule has 0 aliphatic carbocycles. The Kier molecular flexibility index (Phi) is 4.75. The zero-order valence-electron chi connectivity index (χ0n) is 10.3. The molecule has 3 N–H and O–H groups in total. The number of alkyl halides is 3. The van der Waals surface area contributed by atoms with Crippen LogP contribution in [0.4, 0.5) is 23.2 Å². The minimum Gasteiger partial charge on any atom is -0.396 e. The molecule has 0 aliphatic rings. The van der Waals surface area contributed by atoms with E-state index in [1.54, 1.807) is 0 Å². The lowest BCUT2D eigenvalue weighted by Gasteiger charge is -2.25. The van der Waals surface area contributed by atoms with E-state index in [2.05, 4.69) is 5.32 Å². The maximum atomic E-state index is 13.4. The van der Waals surface area contributed by atoms with Gasteiger partial charge in [0.2, 0.25) is 0 Å². The van der Waals surface area contributed by atoms with Gasteiger partial charge >= 0.3 is 6.18 Å². The van der Waals surface area contributed by atoms with Gasteiger partial charge in [-0.3, -0.25) is 0 Å². The molecule has 0 bridgehead atoms. The van der Waals surface area contributed by atoms with E-state index in [0.29, 0.717) is 12.1 Å². The molecule has 3 nitrogen and oxygen atoms in total. The van der Waals surface area contributed by atoms with Gasteiger partial charge in [-0.05, 0) is 18.2 Å². The van der Waals surface area contributed by atoms with Crippen LogP contribution in [0, 0.1) is 11.2 Å². The van der Waals surface area contributed by atoms with Gasteiger partial charge in [-0.2, -0.15) is 13.2 Å². The number of nitrogens with one attached hydrogen (secondary N) is 1. The molecule has 1 rings (SSSR count). The lowest BCUT2D eigenvalue weighted by Crippen LogP contribution is -2.34. The van der Waals surface area contributed by atoms with E-state index < -0.39 is 23.0 Å². The number of anilines is 1. The molecule has 1 aromatic rings. The largest absolute Gasteiger partial charge is 0.416 e. The average molecular weight is 281 g/mol. The summed E-state index contributed by atoms with van der Waals surface area (Å²) >= 11 is 0. The van der Waals surface area contributed by atoms with Crippen LogP contribution >= 0.6 is 0 Å². The highest BCUT2D eigenvalue weighted by atomic mass is 19.4. The molecule has 7 heteroatoms. The second-order valence-corrected chi connectivity index (χ2v) is 4.67. The SMILES string of the molecule is CC(CO)(CO)CNc1cc(C(F)(F)F)ccc1F. The van der Waals surface area contributed by atoms with Gasteiger partial charge in [0.25, 0.3) is 0 Å². The number of hydrogen-bond acceptors (Lipinski definition) is 3. The fourth-order valence-corrected chi connectivity index (χ4v) is 1.31. The Bertz CT molecular complexity index is 430. The van der Waals surface area contributed by atoms with E-state index in [9.17, 15) is 17.6 Å². The summed E-state index contributed by atoms with van der Waals surface area (Å²) in [5.74, 6) is -0.828. The Labute approximate surface area is 107 Å². The topological polar surface area (TPSA) is 52.5 Å². The summed E-state index contributed by atoms with van der Waals surface area (Å²) in [6, 6.07) is 2.03. The fourth-order valence-electron chi connectivity index (χ4n) is 1.31. The standard InChI is InChI=1S/C12H15F4NO2/c1-11(6-18,7-19)5-17-10-4-8(12(14,15)16)2-3-9(10)13/h2-4,17-19H,5-7H2,1H3. The molecule has 19 heavy (non-hydrogen) atoms. The van der Waals surface area contributed by atoms with Crippen LogP contribution in [-0.4, -0.2) is 30.0 Å². The van der Waals surface area contributed by atoms with Crippen LogP contribution in [-0.2, 0) is 6.18 Å². The molecule has 0 heterocycles. The van der Waals surface area contributed by atoms with Crippen molar-refractivity contribution in [3.8, 4) is 0 Å². The van der Waals surface area contributed by atoms with Gasteiger partial charge in [-0.1, -0.05) is 6.92 Å². The molecule has 0 amide bonds. The highest BCUT2D eigenvalue weighted by Gasteiger charge is 2.31. The molecule has 0 fully saturated rings. The van der Waals surface area contributed by atoms with Gasteiger partial charge in [-0.25, -0.2) is 4.39 Å². The van der Waals surface area contributed by atoms with Gasteiger partial charge in [0.05, 0.1) is 24.5 Å². The van der Waals surface area contributed by atoms with Crippen LogP contribution in [0.3, 0.4) is 0 Å². The van der Waals surface area contributed by atoms with Gasteiger partial charge in [0.15, 0.2) is 0 Å². The molecule has 0 aromatic heterocycles. The summed E-state index contributed by atoms with van der Waals surface area (Å²) in [5, 5.41) is 20.6. The van der Waals surface area contributed by atoms with E-state index in [4.69, 9.17) is 10.2 Å². The number of aliphatic hydroxyl groups is 2. The van der Waals surface area contributed by atoms with Gasteiger partial charge in [0, 0.05) is 12.0 Å². The normalized spacial score (nSPS) is 12.6. The van der Waals surface area contributed by atoms with Crippen molar-refractivity contribution in [2.24, 2.45) is 5.41 Å². The molecule has 0 saturated carbocycles. The van der Waals surface area contributed by atoms with Gasteiger partial charge in [-0.15, -0.1) is 0 Å². The molecule has 0 radical (unpaired) electrons. The van der Waals surface area contributed by atoms with Gasteiger partial charge in [0.1, 0.15) is 5.82 Å². The summed E-state index contributed by atoms with van der Waals surface area (Å²) in [6.07, 6.45) is -4.55. The molecule has 1 aromatic carbocycles. The van der Waals surface area contributed by atoms with Crippen molar-refractivity contribution in [2.75, 3.05) is 25.1 Å². The van der Waals surface area contributed by atoms with E-state index in [-0.39, 0.29) is 25.4 Å². The first kappa shape index (κ1) is 15.7. The smallest absolute Gasteiger partial charge is 0.396 e. The third-order valence-corrected chi connectivity index (χ3v) is 2.76. The van der Waals surface area contributed by atoms with Crippen LogP contribution in [0.5, 0.6) is 0 Å². The highest BCUT2D eigenvalue weighted by Crippen LogP contribution is 2.32. The molecule has 0 spiro atoms. The summed E-state index contributed by atoms with van der Waals surface area (Å²) in [4.78, 5) is 0. The Balaban J connectivity index is 2.89. The van der Waals surface area contributed by atoms with Crippen LogP contribution in [0.25, 0.3) is 0 Å². The van der Waals surface area contributed by atoms with Crippen molar-refractivity contribution < 1.29 is 27.8 Å². The maximum absolute atomic E-state index is 13.4. The van der Waals surface area contributed by atoms with Crippen molar-refractivity contribution in [1.82, 2.24) is 0 Å². The van der Waals surface area contributed by atoms with Crippen molar-refractivity contribution in [3.05, 3.63) is 29.6 Å². The summed E-state index contributed by atoms with van der Waals surface area (Å²) in [5.41, 5.74) is -2.23. The van der Waals surface area contributed by atoms with Crippen LogP contribution < -0.4 is 5.32 Å². The number of rotatable bonds is 5. The van der Waals surface area contributed by atoms with E-state index >= 15 is 0 Å². The first-order valence-electron chi connectivity index (χ1n) is 5.54. The molecular formula is C12H15F4NO2. The molecule has 0 saturated heterocycles. The third-order valence-electron chi connectivity index (χ3n) is 2.76. The molecule has 0 unspecified atom stereocenters. The van der Waals surface area contributed by atoms with E-state index in [0.717, 1.165) is 6.07 Å². The Morgan fingerprint density at radius 1 is 1.16 bits per heavy atom. The van der Waals surface area contributed by atoms with Crippen LogP contribution in [0.15, 0.2) is 18.2 Å². The Morgan fingerprint density at radius 3 is 2.21 bits per heavy atom. The van der Waals surface area contributed by atoms with Crippen molar-refractivity contribution in [2.45, 2.75) is 13.1 Å². The zero-order chi connectivity index (χ0) is 14.7. The zero-order valence-corrected chi connectivity index (χ0v) is 10.3. The molecule has 0 atom stereocenters. The number of halogens is 4. The predicted octanol–water partition coefficient (Wildman–Crippen LogP) is 2.25. The lowest BCUT2D eigenvalue weighted by atomic mass is 9.93. The maximum Gasteiger partial charge on any atom is 0.416 e. The third kappa shape index (κ3) is 4.07. The average Bonchev–Trinajstić information content (AvgIpc) is 2.36. The molecule has 108 valence electrons. The van der Waals surface area contributed by atoms with Crippen LogP contribution in [0.2, 0.25) is 0 Å². The van der Waals surface area contributed by atoms with Crippen molar-refractivity contribution >= 4 is 5.69 Å². The number of aliphatic hydroxyl groups excluding tert-OH is 2. The Hall–Kier alpha value is -1.34. The van der Waals surface area contributed by atoms with Crippen LogP contribution in [0.1, 0.15) is 12.5 Å². The quantitative estimate of drug-likeness (QED) is 0.726. The molecular weight excluding hydrogens is 266 g/mol. The van der Waals surface area contributed by atoms with E-state index in [1.165, 1.54) is 6.92 Å². The highest BCUT2D eigenvalue weighted by molar-refractivity contribution is 5.48. The van der Waals surface area contributed by atoms with Crippen molar-refractivity contribution in [1.29, 1.82) is 0 Å². The second kappa shape index (κ2) is 5.75. The minimum absolute atomic E-state index is 0.0573. The summed E-state index contributed by atoms with van der Waals surface area (Å²) in [7, 11) is 0. The Morgan fingerprint density at radius 2 is 1.74 bits per heavy atom. The summed E-state index contributed by atoms with van der Waals surface area (Å²) < 4.78 is 50.8. The molecule has 0 aliphatic heterocycles. The summed E-state index contributed by atoms with van der Waals surface area (Å²) in [6.45, 7) is 0.706. The predicted molar refractivity (Wildman–Crippen MR) is 62.2 cm³/mol. The number of benzene rings is 1. The van der Waals surface area contributed by atoms with Gasteiger partial charge < -0.3 is 15.5 Å².